The first-order chi connectivity index (χ1) is 12.0. The molecule has 0 saturated carbocycles. The van der Waals surface area contributed by atoms with E-state index in [-0.39, 0.29) is 17.4 Å². The van der Waals surface area contributed by atoms with Gasteiger partial charge in [0.1, 0.15) is 0 Å². The van der Waals surface area contributed by atoms with Crippen LogP contribution < -0.4 is 5.69 Å². The van der Waals surface area contributed by atoms with Gasteiger partial charge in [-0.15, -0.1) is 0 Å². The number of nitrogens with zero attached hydrogens (tertiary/aromatic N) is 3. The maximum absolute atomic E-state index is 12.1. The molecule has 0 amide bonds. The monoisotopic (exact) mass is 345 g/mol. The van der Waals surface area contributed by atoms with E-state index in [0.717, 1.165) is 56.5 Å². The number of fused-ring (bicyclic) bond motifs is 1. The summed E-state index contributed by atoms with van der Waals surface area (Å²) < 4.78 is 15.3. The number of ether oxygens (including phenoxy) is 2. The van der Waals surface area contributed by atoms with Crippen LogP contribution >= 0.6 is 0 Å². The zero-order valence-corrected chi connectivity index (χ0v) is 15.3. The summed E-state index contributed by atoms with van der Waals surface area (Å²) in [6.07, 6.45) is 3.40. The second-order valence-electron chi connectivity index (χ2n) is 7.45. The highest BCUT2D eigenvalue weighted by Crippen LogP contribution is 2.37. The van der Waals surface area contributed by atoms with Gasteiger partial charge in [0, 0.05) is 47.4 Å². The van der Waals surface area contributed by atoms with Gasteiger partial charge in [-0.3, -0.25) is 14.0 Å². The Kier molecular flexibility index (Phi) is 4.22. The first-order valence-corrected chi connectivity index (χ1v) is 9.07. The van der Waals surface area contributed by atoms with Crippen molar-refractivity contribution in [3.63, 3.8) is 0 Å². The zero-order chi connectivity index (χ0) is 17.6. The minimum Gasteiger partial charge on any atom is -0.377 e. The minimum atomic E-state index is -0.0709. The lowest BCUT2D eigenvalue weighted by atomic mass is 9.85. The van der Waals surface area contributed by atoms with Gasteiger partial charge in [0.2, 0.25) is 0 Å². The molecule has 6 heteroatoms. The molecule has 2 aliphatic rings. The fraction of sp³-hybridized carbons (Fsp3) is 0.632. The zero-order valence-electron chi connectivity index (χ0n) is 15.3. The summed E-state index contributed by atoms with van der Waals surface area (Å²) in [5.74, 6) is 0. The molecular formula is C19H27N3O3. The topological polar surface area (TPSA) is 48.6 Å². The summed E-state index contributed by atoms with van der Waals surface area (Å²) in [6, 6.07) is 6.31. The standard InChI is InChI=1S/C19H27N3O3/c1-20-15-6-5-14(11-16(15)21(2)18(20)23)12-22-9-8-19(7-4-10-25-19)17(13-22)24-3/h5-6,11,17H,4,7-10,12-13H2,1-3H3/t17-,19-/m0/s1. The van der Waals surface area contributed by atoms with E-state index in [9.17, 15) is 4.79 Å². The van der Waals surface area contributed by atoms with Gasteiger partial charge in [-0.1, -0.05) is 6.07 Å². The van der Waals surface area contributed by atoms with E-state index in [1.54, 1.807) is 16.2 Å². The maximum atomic E-state index is 12.1. The Bertz CT molecular complexity index is 832. The molecule has 1 spiro atoms. The van der Waals surface area contributed by atoms with Crippen LogP contribution in [0.2, 0.25) is 0 Å². The van der Waals surface area contributed by atoms with Crippen LogP contribution in [0, 0.1) is 0 Å². The maximum Gasteiger partial charge on any atom is 0.328 e. The van der Waals surface area contributed by atoms with Crippen LogP contribution in [0.5, 0.6) is 0 Å². The van der Waals surface area contributed by atoms with Crippen molar-refractivity contribution >= 4 is 11.0 Å². The summed E-state index contributed by atoms with van der Waals surface area (Å²) in [7, 11) is 5.44. The fourth-order valence-corrected chi connectivity index (χ4v) is 4.51. The van der Waals surface area contributed by atoms with Gasteiger partial charge in [-0.2, -0.15) is 0 Å². The third-order valence-electron chi connectivity index (χ3n) is 6.02. The van der Waals surface area contributed by atoms with Gasteiger partial charge >= 0.3 is 5.69 Å². The molecule has 2 saturated heterocycles. The highest BCUT2D eigenvalue weighted by molar-refractivity contribution is 5.76. The van der Waals surface area contributed by atoms with Crippen LogP contribution in [0.25, 0.3) is 11.0 Å². The number of benzene rings is 1. The number of piperidine rings is 1. The number of rotatable bonds is 3. The molecule has 2 aliphatic heterocycles. The lowest BCUT2D eigenvalue weighted by Crippen LogP contribution is -2.55. The molecule has 1 aromatic carbocycles. The fourth-order valence-electron chi connectivity index (χ4n) is 4.51. The van der Waals surface area contributed by atoms with Crippen LogP contribution in [0.3, 0.4) is 0 Å². The predicted octanol–water partition coefficient (Wildman–Crippen LogP) is 1.65. The summed E-state index contributed by atoms with van der Waals surface area (Å²) in [5, 5.41) is 0. The molecule has 0 radical (unpaired) electrons. The Balaban J connectivity index is 1.54. The summed E-state index contributed by atoms with van der Waals surface area (Å²) in [6.45, 7) is 3.64. The smallest absolute Gasteiger partial charge is 0.328 e. The van der Waals surface area contributed by atoms with Crippen molar-refractivity contribution in [1.82, 2.24) is 14.0 Å². The van der Waals surface area contributed by atoms with Crippen LogP contribution in [0.4, 0.5) is 0 Å². The number of likely N-dealkylation sites (tertiary alicyclic amines) is 1. The van der Waals surface area contributed by atoms with E-state index >= 15 is 0 Å². The van der Waals surface area contributed by atoms with Crippen molar-refractivity contribution in [2.45, 2.75) is 37.5 Å². The van der Waals surface area contributed by atoms with E-state index in [2.05, 4.69) is 17.0 Å². The van der Waals surface area contributed by atoms with Gasteiger partial charge in [0.15, 0.2) is 0 Å². The van der Waals surface area contributed by atoms with Gasteiger partial charge in [-0.05, 0) is 37.0 Å². The van der Waals surface area contributed by atoms with E-state index < -0.39 is 0 Å². The lowest BCUT2D eigenvalue weighted by Gasteiger charge is -2.44. The first kappa shape index (κ1) is 16.8. The van der Waals surface area contributed by atoms with Crippen molar-refractivity contribution in [3.05, 3.63) is 34.2 Å². The second kappa shape index (κ2) is 6.27. The predicted molar refractivity (Wildman–Crippen MR) is 96.8 cm³/mol. The second-order valence-corrected chi connectivity index (χ2v) is 7.45. The quantitative estimate of drug-likeness (QED) is 0.849. The van der Waals surface area contributed by atoms with E-state index in [1.807, 2.05) is 20.2 Å². The minimum absolute atomic E-state index is 0.0184. The highest BCUT2D eigenvalue weighted by atomic mass is 16.5. The van der Waals surface area contributed by atoms with E-state index in [4.69, 9.17) is 9.47 Å². The molecule has 0 N–H and O–H groups in total. The molecule has 4 rings (SSSR count). The number of aromatic nitrogens is 2. The normalized spacial score (nSPS) is 27.6. The molecule has 0 unspecified atom stereocenters. The Morgan fingerprint density at radius 2 is 2.04 bits per heavy atom. The van der Waals surface area contributed by atoms with Crippen LogP contribution in [0.15, 0.2) is 23.0 Å². The van der Waals surface area contributed by atoms with E-state index in [1.165, 1.54) is 5.56 Å². The van der Waals surface area contributed by atoms with Crippen molar-refractivity contribution in [3.8, 4) is 0 Å². The number of hydrogen-bond donors (Lipinski definition) is 0. The molecule has 0 aliphatic carbocycles. The Morgan fingerprint density at radius 3 is 2.76 bits per heavy atom. The van der Waals surface area contributed by atoms with Crippen LogP contribution in [0.1, 0.15) is 24.8 Å². The molecule has 2 atom stereocenters. The number of hydrogen-bond acceptors (Lipinski definition) is 4. The summed E-state index contributed by atoms with van der Waals surface area (Å²) >= 11 is 0. The first-order valence-electron chi connectivity index (χ1n) is 9.07. The Morgan fingerprint density at radius 1 is 1.24 bits per heavy atom. The molecular weight excluding hydrogens is 318 g/mol. The molecule has 136 valence electrons. The highest BCUT2D eigenvalue weighted by Gasteiger charge is 2.46. The van der Waals surface area contributed by atoms with Gasteiger partial charge < -0.3 is 9.47 Å². The van der Waals surface area contributed by atoms with Crippen molar-refractivity contribution in [1.29, 1.82) is 0 Å². The molecule has 6 nitrogen and oxygen atoms in total. The van der Waals surface area contributed by atoms with Crippen molar-refractivity contribution in [2.24, 2.45) is 14.1 Å². The number of aryl methyl sites for hydroxylation is 2. The lowest BCUT2D eigenvalue weighted by molar-refractivity contribution is -0.143. The third kappa shape index (κ3) is 2.72. The molecule has 2 aromatic rings. The third-order valence-corrected chi connectivity index (χ3v) is 6.02. The summed E-state index contributed by atoms with van der Waals surface area (Å²) in [4.78, 5) is 14.5. The van der Waals surface area contributed by atoms with Gasteiger partial charge in [0.25, 0.3) is 0 Å². The molecule has 2 fully saturated rings. The number of imidazole rings is 1. The molecule has 3 heterocycles. The Labute approximate surface area is 147 Å². The number of methoxy groups -OCH3 is 1. The van der Waals surface area contributed by atoms with Crippen molar-refractivity contribution < 1.29 is 9.47 Å². The molecule has 0 bridgehead atoms. The van der Waals surface area contributed by atoms with Gasteiger partial charge in [0.05, 0.1) is 22.7 Å². The molecule has 25 heavy (non-hydrogen) atoms. The Hall–Kier alpha value is -1.63. The van der Waals surface area contributed by atoms with E-state index in [0.29, 0.717) is 0 Å². The largest absolute Gasteiger partial charge is 0.377 e. The average Bonchev–Trinajstić information content (AvgIpc) is 3.17. The van der Waals surface area contributed by atoms with Crippen LogP contribution in [-0.4, -0.2) is 52.5 Å². The summed E-state index contributed by atoms with van der Waals surface area (Å²) in [5.41, 5.74) is 3.14. The van der Waals surface area contributed by atoms with Crippen LogP contribution in [-0.2, 0) is 30.1 Å². The average molecular weight is 345 g/mol. The molecule has 1 aromatic heterocycles. The van der Waals surface area contributed by atoms with Gasteiger partial charge in [-0.25, -0.2) is 4.79 Å². The SMILES string of the molecule is CO[C@H]1CN(Cc2ccc3c(c2)n(C)c(=O)n3C)CC[C@@]12CCCO2. The van der Waals surface area contributed by atoms with Crippen molar-refractivity contribution in [2.75, 3.05) is 26.8 Å².